The summed E-state index contributed by atoms with van der Waals surface area (Å²) in [6, 6.07) is 15.7. The van der Waals surface area contributed by atoms with E-state index in [9.17, 15) is 4.79 Å². The van der Waals surface area contributed by atoms with Gasteiger partial charge in [-0.1, -0.05) is 30.0 Å². The lowest BCUT2D eigenvalue weighted by Gasteiger charge is -2.28. The summed E-state index contributed by atoms with van der Waals surface area (Å²) >= 11 is 1.30. The molecule has 1 aliphatic rings. The van der Waals surface area contributed by atoms with Gasteiger partial charge in [0.1, 0.15) is 12.4 Å². The maximum atomic E-state index is 12.6. The van der Waals surface area contributed by atoms with E-state index in [4.69, 9.17) is 9.47 Å². The number of carbonyl (C=O) groups is 1. The molecule has 0 spiro atoms. The molecule has 0 bridgehead atoms. The number of ether oxygens (including phenoxy) is 2. The van der Waals surface area contributed by atoms with Gasteiger partial charge in [-0.25, -0.2) is 4.98 Å². The number of para-hydroxylation sites is 1. The van der Waals surface area contributed by atoms with Crippen molar-refractivity contribution in [3.8, 4) is 5.75 Å². The third-order valence-corrected chi connectivity index (χ3v) is 6.09. The maximum Gasteiger partial charge on any atom is 0.237 e. The van der Waals surface area contributed by atoms with Gasteiger partial charge in [-0.3, -0.25) is 9.89 Å². The number of benzene rings is 2. The molecular formula is C23H27N5O3S. The lowest BCUT2D eigenvalue weighted by Crippen LogP contribution is -2.36. The van der Waals surface area contributed by atoms with Crippen molar-refractivity contribution in [2.24, 2.45) is 0 Å². The number of rotatable bonds is 8. The number of amides is 1. The summed E-state index contributed by atoms with van der Waals surface area (Å²) in [5.74, 6) is 1.32. The first-order chi connectivity index (χ1) is 15.6. The zero-order valence-electron chi connectivity index (χ0n) is 18.2. The van der Waals surface area contributed by atoms with E-state index in [2.05, 4.69) is 25.4 Å². The van der Waals surface area contributed by atoms with Gasteiger partial charge in [-0.05, 0) is 49.7 Å². The summed E-state index contributed by atoms with van der Waals surface area (Å²) in [5, 5.41) is 10.2. The monoisotopic (exact) mass is 453 g/mol. The number of aryl methyl sites for hydroxylation is 1. The number of thioether (sulfide) groups is 1. The van der Waals surface area contributed by atoms with Crippen LogP contribution < -0.4 is 15.0 Å². The summed E-state index contributed by atoms with van der Waals surface area (Å²) in [5.41, 5.74) is 2.96. The van der Waals surface area contributed by atoms with Crippen molar-refractivity contribution in [1.82, 2.24) is 15.2 Å². The molecule has 4 rings (SSSR count). The number of aromatic nitrogens is 3. The Morgan fingerprint density at radius 2 is 1.97 bits per heavy atom. The third-order valence-electron chi connectivity index (χ3n) is 5.13. The summed E-state index contributed by atoms with van der Waals surface area (Å²) in [7, 11) is 0. The first-order valence-corrected chi connectivity index (χ1v) is 11.5. The average molecular weight is 454 g/mol. The molecule has 1 aliphatic heterocycles. The SMILES string of the molecule is Cc1ccccc1OCc1nc(SC(C)C(=O)Nc2ccc(N3CCOCC3)cc2)n[nH]1. The molecule has 2 heterocycles. The number of H-pyrrole nitrogens is 1. The van der Waals surface area contributed by atoms with E-state index in [1.165, 1.54) is 11.8 Å². The Morgan fingerprint density at radius 3 is 2.72 bits per heavy atom. The summed E-state index contributed by atoms with van der Waals surface area (Å²) in [4.78, 5) is 19.3. The van der Waals surface area contributed by atoms with Crippen LogP contribution in [-0.4, -0.2) is 52.6 Å². The number of hydrogen-bond donors (Lipinski definition) is 2. The Hall–Kier alpha value is -3.04. The Bertz CT molecular complexity index is 1030. The van der Waals surface area contributed by atoms with Crippen molar-refractivity contribution >= 4 is 29.0 Å². The molecule has 32 heavy (non-hydrogen) atoms. The van der Waals surface area contributed by atoms with Gasteiger partial charge in [0.15, 0.2) is 5.82 Å². The minimum absolute atomic E-state index is 0.100. The smallest absolute Gasteiger partial charge is 0.237 e. The van der Waals surface area contributed by atoms with Crippen LogP contribution in [-0.2, 0) is 16.1 Å². The third kappa shape index (κ3) is 5.80. The van der Waals surface area contributed by atoms with Crippen LogP contribution in [0.3, 0.4) is 0 Å². The lowest BCUT2D eigenvalue weighted by atomic mass is 10.2. The summed E-state index contributed by atoms with van der Waals surface area (Å²) in [6.07, 6.45) is 0. The minimum Gasteiger partial charge on any atom is -0.485 e. The molecule has 1 saturated heterocycles. The van der Waals surface area contributed by atoms with Gasteiger partial charge >= 0.3 is 0 Å². The molecule has 0 aliphatic carbocycles. The van der Waals surface area contributed by atoms with E-state index in [-0.39, 0.29) is 17.8 Å². The molecule has 9 heteroatoms. The van der Waals surface area contributed by atoms with Crippen LogP contribution in [0, 0.1) is 6.92 Å². The molecule has 2 N–H and O–H groups in total. The highest BCUT2D eigenvalue weighted by atomic mass is 32.2. The molecule has 1 amide bonds. The number of morpholine rings is 1. The topological polar surface area (TPSA) is 92.4 Å². The first kappa shape index (κ1) is 22.2. The Labute approximate surface area is 191 Å². The molecule has 1 fully saturated rings. The van der Waals surface area contributed by atoms with Crippen LogP contribution in [0.2, 0.25) is 0 Å². The van der Waals surface area contributed by atoms with E-state index < -0.39 is 0 Å². The van der Waals surface area contributed by atoms with Crippen LogP contribution in [0.5, 0.6) is 5.75 Å². The normalized spacial score (nSPS) is 14.8. The quantitative estimate of drug-likeness (QED) is 0.503. The Morgan fingerprint density at radius 1 is 1.22 bits per heavy atom. The van der Waals surface area contributed by atoms with E-state index in [0.29, 0.717) is 11.0 Å². The molecule has 168 valence electrons. The Kier molecular flexibility index (Phi) is 7.28. The second kappa shape index (κ2) is 10.5. The van der Waals surface area contributed by atoms with Crippen LogP contribution in [0.15, 0.2) is 53.7 Å². The molecule has 0 radical (unpaired) electrons. The van der Waals surface area contributed by atoms with Crippen molar-refractivity contribution < 1.29 is 14.3 Å². The zero-order valence-corrected chi connectivity index (χ0v) is 19.0. The van der Waals surface area contributed by atoms with Gasteiger partial charge < -0.3 is 19.7 Å². The van der Waals surface area contributed by atoms with Gasteiger partial charge in [-0.2, -0.15) is 0 Å². The van der Waals surface area contributed by atoms with Crippen molar-refractivity contribution in [1.29, 1.82) is 0 Å². The van der Waals surface area contributed by atoms with E-state index >= 15 is 0 Å². The first-order valence-electron chi connectivity index (χ1n) is 10.6. The second-order valence-electron chi connectivity index (χ2n) is 7.51. The van der Waals surface area contributed by atoms with Crippen LogP contribution >= 0.6 is 11.8 Å². The van der Waals surface area contributed by atoms with Gasteiger partial charge in [0.2, 0.25) is 11.1 Å². The largest absolute Gasteiger partial charge is 0.485 e. The van der Waals surface area contributed by atoms with Crippen molar-refractivity contribution in [3.05, 3.63) is 59.9 Å². The average Bonchev–Trinajstić information content (AvgIpc) is 3.27. The molecule has 0 saturated carbocycles. The Balaban J connectivity index is 1.27. The van der Waals surface area contributed by atoms with Crippen LogP contribution in [0.1, 0.15) is 18.3 Å². The van der Waals surface area contributed by atoms with Crippen molar-refractivity contribution in [2.75, 3.05) is 36.5 Å². The summed E-state index contributed by atoms with van der Waals surface area (Å²) in [6.45, 7) is 7.37. The molecule has 8 nitrogen and oxygen atoms in total. The van der Waals surface area contributed by atoms with E-state index in [1.54, 1.807) is 0 Å². The highest BCUT2D eigenvalue weighted by molar-refractivity contribution is 8.00. The number of anilines is 2. The minimum atomic E-state index is -0.352. The number of aromatic amines is 1. The van der Waals surface area contributed by atoms with E-state index in [1.807, 2.05) is 62.4 Å². The highest BCUT2D eigenvalue weighted by Gasteiger charge is 2.18. The predicted molar refractivity (Wildman–Crippen MR) is 125 cm³/mol. The maximum absolute atomic E-state index is 12.6. The molecule has 3 aromatic rings. The second-order valence-corrected chi connectivity index (χ2v) is 8.82. The molecule has 2 aromatic carbocycles. The zero-order chi connectivity index (χ0) is 22.3. The number of hydrogen-bond acceptors (Lipinski definition) is 7. The van der Waals surface area contributed by atoms with Gasteiger partial charge in [0, 0.05) is 24.5 Å². The fraction of sp³-hybridized carbons (Fsp3) is 0.348. The highest BCUT2D eigenvalue weighted by Crippen LogP contribution is 2.23. The van der Waals surface area contributed by atoms with Gasteiger partial charge in [0.25, 0.3) is 0 Å². The number of carbonyl (C=O) groups excluding carboxylic acids is 1. The fourth-order valence-electron chi connectivity index (χ4n) is 3.29. The van der Waals surface area contributed by atoms with Gasteiger partial charge in [0.05, 0.1) is 18.5 Å². The molecule has 1 unspecified atom stereocenters. The van der Waals surface area contributed by atoms with Crippen LogP contribution in [0.25, 0.3) is 0 Å². The van der Waals surface area contributed by atoms with E-state index in [0.717, 1.165) is 49.0 Å². The van der Waals surface area contributed by atoms with Gasteiger partial charge in [-0.15, -0.1) is 5.10 Å². The number of nitrogens with zero attached hydrogens (tertiary/aromatic N) is 3. The van der Waals surface area contributed by atoms with Crippen molar-refractivity contribution in [3.63, 3.8) is 0 Å². The lowest BCUT2D eigenvalue weighted by molar-refractivity contribution is -0.115. The molecular weight excluding hydrogens is 426 g/mol. The fourth-order valence-corrected chi connectivity index (χ4v) is 4.04. The number of nitrogens with one attached hydrogen (secondary N) is 2. The van der Waals surface area contributed by atoms with Crippen molar-refractivity contribution in [2.45, 2.75) is 30.9 Å². The van der Waals surface area contributed by atoms with Crippen LogP contribution in [0.4, 0.5) is 11.4 Å². The summed E-state index contributed by atoms with van der Waals surface area (Å²) < 4.78 is 11.2. The predicted octanol–water partition coefficient (Wildman–Crippen LogP) is 3.65. The molecule has 1 aromatic heterocycles. The molecule has 1 atom stereocenters. The standard InChI is InChI=1S/C23H27N5O3S/c1-16-5-3-4-6-20(16)31-15-21-25-23(27-26-21)32-17(2)22(29)24-18-7-9-19(10-8-18)28-11-13-30-14-12-28/h3-10,17H,11-15H2,1-2H3,(H,24,29)(H,25,26,27).